The van der Waals surface area contributed by atoms with Crippen LogP contribution in [-0.2, 0) is 16.1 Å². The molecule has 0 aliphatic heterocycles. The van der Waals surface area contributed by atoms with Gasteiger partial charge in [-0.25, -0.2) is 4.79 Å². The molecule has 0 aromatic heterocycles. The Bertz CT molecular complexity index is 506. The zero-order valence-corrected chi connectivity index (χ0v) is 12.9. The number of nitrogens with two attached hydrogens (primary N) is 2. The van der Waals surface area contributed by atoms with E-state index in [0.29, 0.717) is 12.1 Å². The summed E-state index contributed by atoms with van der Waals surface area (Å²) in [6.07, 6.45) is -0.389. The second-order valence-corrected chi connectivity index (χ2v) is 5.96. The lowest BCUT2D eigenvalue weighted by Gasteiger charge is -2.24. The Morgan fingerprint density at radius 3 is 2.19 bits per heavy atom. The predicted octanol–water partition coefficient (Wildman–Crippen LogP) is 1.54. The van der Waals surface area contributed by atoms with Crippen LogP contribution in [0.1, 0.15) is 37.9 Å². The van der Waals surface area contributed by atoms with Gasteiger partial charge in [0.05, 0.1) is 0 Å². The molecule has 1 aromatic rings. The number of amides is 2. The summed E-state index contributed by atoms with van der Waals surface area (Å²) in [4.78, 5) is 24.3. The molecule has 1 atom stereocenters. The molecule has 1 unspecified atom stereocenters. The van der Waals surface area contributed by atoms with Crippen molar-refractivity contribution >= 4 is 12.0 Å². The van der Waals surface area contributed by atoms with Gasteiger partial charge in [-0.15, -0.1) is 0 Å². The second-order valence-electron chi connectivity index (χ2n) is 5.96. The highest BCUT2D eigenvalue weighted by molar-refractivity contribution is 5.81. The van der Waals surface area contributed by atoms with E-state index < -0.39 is 17.6 Å². The van der Waals surface area contributed by atoms with E-state index in [1.165, 1.54) is 4.90 Å². The molecule has 0 saturated heterocycles. The summed E-state index contributed by atoms with van der Waals surface area (Å²) in [6.45, 7) is 5.86. The van der Waals surface area contributed by atoms with Crippen molar-refractivity contribution in [1.82, 2.24) is 4.90 Å². The quantitative estimate of drug-likeness (QED) is 0.879. The fourth-order valence-electron chi connectivity index (χ4n) is 1.67. The van der Waals surface area contributed by atoms with Gasteiger partial charge in [0.2, 0.25) is 5.91 Å². The maximum Gasteiger partial charge on any atom is 0.410 e. The van der Waals surface area contributed by atoms with Crippen molar-refractivity contribution in [3.8, 4) is 0 Å². The summed E-state index contributed by atoms with van der Waals surface area (Å²) >= 11 is 0. The predicted molar refractivity (Wildman–Crippen MR) is 80.3 cm³/mol. The summed E-state index contributed by atoms with van der Waals surface area (Å²) < 4.78 is 5.27. The molecule has 0 radical (unpaired) electrons. The minimum Gasteiger partial charge on any atom is -0.444 e. The highest BCUT2D eigenvalue weighted by Gasteiger charge is 2.19. The maximum atomic E-state index is 11.9. The number of rotatable bonds is 4. The molecule has 2 amide bonds. The Balaban J connectivity index is 2.67. The van der Waals surface area contributed by atoms with Crippen molar-refractivity contribution in [1.29, 1.82) is 0 Å². The first-order valence-corrected chi connectivity index (χ1v) is 6.68. The SMILES string of the molecule is CN(Cc1ccc(C(N)C(N)=O)cc1)C(=O)OC(C)(C)C. The molecule has 0 heterocycles. The Hall–Kier alpha value is -2.08. The molecule has 0 bridgehead atoms. The highest BCUT2D eigenvalue weighted by atomic mass is 16.6. The molecule has 1 rings (SSSR count). The van der Waals surface area contributed by atoms with E-state index in [-0.39, 0.29) is 6.09 Å². The molecule has 0 spiro atoms. The third kappa shape index (κ3) is 5.43. The van der Waals surface area contributed by atoms with Crippen LogP contribution in [0.25, 0.3) is 0 Å². The lowest BCUT2D eigenvalue weighted by molar-refractivity contribution is -0.119. The molecular weight excluding hydrogens is 270 g/mol. The number of nitrogens with zero attached hydrogens (tertiary/aromatic N) is 1. The van der Waals surface area contributed by atoms with Crippen LogP contribution in [0.2, 0.25) is 0 Å². The van der Waals surface area contributed by atoms with Gasteiger partial charge in [0, 0.05) is 13.6 Å². The number of primary amides is 1. The third-order valence-electron chi connectivity index (χ3n) is 2.77. The van der Waals surface area contributed by atoms with Crippen molar-refractivity contribution in [2.45, 2.75) is 39.0 Å². The number of carbonyl (C=O) groups is 2. The minimum absolute atomic E-state index is 0.389. The largest absolute Gasteiger partial charge is 0.444 e. The normalized spacial score (nSPS) is 12.6. The van der Waals surface area contributed by atoms with E-state index in [9.17, 15) is 9.59 Å². The Kier molecular flexibility index (Phi) is 5.32. The Labute approximate surface area is 125 Å². The molecule has 0 saturated carbocycles. The average Bonchev–Trinajstić information content (AvgIpc) is 2.36. The lowest BCUT2D eigenvalue weighted by atomic mass is 10.1. The van der Waals surface area contributed by atoms with Crippen LogP contribution >= 0.6 is 0 Å². The molecule has 116 valence electrons. The Morgan fingerprint density at radius 1 is 1.24 bits per heavy atom. The third-order valence-corrected chi connectivity index (χ3v) is 2.77. The van der Waals surface area contributed by atoms with Crippen molar-refractivity contribution < 1.29 is 14.3 Å². The van der Waals surface area contributed by atoms with E-state index in [0.717, 1.165) is 5.56 Å². The fraction of sp³-hybridized carbons (Fsp3) is 0.467. The zero-order valence-electron chi connectivity index (χ0n) is 12.9. The topological polar surface area (TPSA) is 98.6 Å². The monoisotopic (exact) mass is 293 g/mol. The van der Waals surface area contributed by atoms with Gasteiger partial charge in [-0.05, 0) is 31.9 Å². The standard InChI is InChI=1S/C15H23N3O3/c1-15(2,3)21-14(20)18(4)9-10-5-7-11(8-6-10)12(16)13(17)19/h5-8,12H,9,16H2,1-4H3,(H2,17,19). The summed E-state index contributed by atoms with van der Waals surface area (Å²) in [7, 11) is 1.66. The van der Waals surface area contributed by atoms with E-state index in [2.05, 4.69) is 0 Å². The number of hydrogen-bond donors (Lipinski definition) is 2. The van der Waals surface area contributed by atoms with E-state index >= 15 is 0 Å². The summed E-state index contributed by atoms with van der Waals surface area (Å²) in [5.41, 5.74) is 11.8. The zero-order chi connectivity index (χ0) is 16.2. The van der Waals surface area contributed by atoms with Crippen molar-refractivity contribution in [3.63, 3.8) is 0 Å². The lowest BCUT2D eigenvalue weighted by Crippen LogP contribution is -2.33. The van der Waals surface area contributed by atoms with Gasteiger partial charge in [0.25, 0.3) is 0 Å². The average molecular weight is 293 g/mol. The van der Waals surface area contributed by atoms with Crippen LogP contribution in [0.3, 0.4) is 0 Å². The highest BCUT2D eigenvalue weighted by Crippen LogP contribution is 2.14. The first kappa shape index (κ1) is 17.0. The van der Waals surface area contributed by atoms with Gasteiger partial charge in [0.15, 0.2) is 0 Å². The van der Waals surface area contributed by atoms with Crippen LogP contribution in [0.15, 0.2) is 24.3 Å². The number of benzene rings is 1. The van der Waals surface area contributed by atoms with Gasteiger partial charge < -0.3 is 21.1 Å². The molecule has 1 aromatic carbocycles. The summed E-state index contributed by atoms with van der Waals surface area (Å²) in [5, 5.41) is 0. The van der Waals surface area contributed by atoms with Crippen molar-refractivity contribution in [2.75, 3.05) is 7.05 Å². The Morgan fingerprint density at radius 2 is 1.76 bits per heavy atom. The molecular formula is C15H23N3O3. The van der Waals surface area contributed by atoms with Gasteiger partial charge >= 0.3 is 6.09 Å². The molecule has 6 nitrogen and oxygen atoms in total. The summed E-state index contributed by atoms with van der Waals surface area (Å²) in [5.74, 6) is -0.575. The first-order valence-electron chi connectivity index (χ1n) is 6.68. The van der Waals surface area contributed by atoms with Gasteiger partial charge in [-0.1, -0.05) is 24.3 Å². The van der Waals surface area contributed by atoms with Crippen LogP contribution < -0.4 is 11.5 Å². The van der Waals surface area contributed by atoms with Crippen molar-refractivity contribution in [3.05, 3.63) is 35.4 Å². The molecule has 0 aliphatic carbocycles. The number of ether oxygens (including phenoxy) is 1. The second kappa shape index (κ2) is 6.58. The van der Waals surface area contributed by atoms with E-state index in [1.807, 2.05) is 20.8 Å². The van der Waals surface area contributed by atoms with Crippen LogP contribution in [-0.4, -0.2) is 29.5 Å². The van der Waals surface area contributed by atoms with Gasteiger partial charge in [-0.2, -0.15) is 0 Å². The fourth-order valence-corrected chi connectivity index (χ4v) is 1.67. The molecule has 4 N–H and O–H groups in total. The van der Waals surface area contributed by atoms with Crippen LogP contribution in [0.4, 0.5) is 4.79 Å². The number of hydrogen-bond acceptors (Lipinski definition) is 4. The molecule has 6 heteroatoms. The smallest absolute Gasteiger partial charge is 0.410 e. The molecule has 0 aliphatic rings. The van der Waals surface area contributed by atoms with Gasteiger partial charge in [0.1, 0.15) is 11.6 Å². The van der Waals surface area contributed by atoms with E-state index in [1.54, 1.807) is 31.3 Å². The van der Waals surface area contributed by atoms with Crippen LogP contribution in [0.5, 0.6) is 0 Å². The van der Waals surface area contributed by atoms with Gasteiger partial charge in [-0.3, -0.25) is 4.79 Å². The van der Waals surface area contributed by atoms with Crippen LogP contribution in [0, 0.1) is 0 Å². The summed E-state index contributed by atoms with van der Waals surface area (Å²) in [6, 6.07) is 6.25. The number of carbonyl (C=O) groups excluding carboxylic acids is 2. The van der Waals surface area contributed by atoms with Crippen molar-refractivity contribution in [2.24, 2.45) is 11.5 Å². The van der Waals surface area contributed by atoms with E-state index in [4.69, 9.17) is 16.2 Å². The molecule has 0 fully saturated rings. The maximum absolute atomic E-state index is 11.9. The first-order chi connectivity index (χ1) is 9.60. The molecule has 21 heavy (non-hydrogen) atoms. The minimum atomic E-state index is -0.817.